The van der Waals surface area contributed by atoms with Crippen molar-refractivity contribution in [1.29, 1.82) is 0 Å². The summed E-state index contributed by atoms with van der Waals surface area (Å²) in [5.41, 5.74) is 2.24. The molecule has 0 aromatic carbocycles. The van der Waals surface area contributed by atoms with Gasteiger partial charge in [0, 0.05) is 34.4 Å². The normalized spacial score (nSPS) is 10.6. The Morgan fingerprint density at radius 2 is 2.38 bits per heavy atom. The zero-order valence-corrected chi connectivity index (χ0v) is 11.0. The fraction of sp³-hybridized carbons (Fsp3) is 0.182. The van der Waals surface area contributed by atoms with Crippen molar-refractivity contribution in [2.24, 2.45) is 0 Å². The maximum absolute atomic E-state index is 5.66. The fourth-order valence-electron chi connectivity index (χ4n) is 1.23. The maximum Gasteiger partial charge on any atom is 0.124 e. The van der Waals surface area contributed by atoms with Crippen molar-refractivity contribution in [3.05, 3.63) is 39.5 Å². The summed E-state index contributed by atoms with van der Waals surface area (Å²) in [6, 6.07) is 2.08. The average molecular weight is 271 g/mol. The van der Waals surface area contributed by atoms with E-state index in [1.807, 2.05) is 0 Å². The number of nitrogens with zero attached hydrogens (tertiary/aromatic N) is 1. The van der Waals surface area contributed by atoms with Crippen molar-refractivity contribution in [3.8, 4) is 10.6 Å². The molecule has 0 saturated carbocycles. The van der Waals surface area contributed by atoms with Crippen LogP contribution in [0.4, 0.5) is 0 Å². The van der Waals surface area contributed by atoms with Gasteiger partial charge in [-0.25, -0.2) is 4.98 Å². The summed E-state index contributed by atoms with van der Waals surface area (Å²) in [6.07, 6.45) is 0. The average Bonchev–Trinajstić information content (AvgIpc) is 2.85. The minimum absolute atomic E-state index is 0.618. The van der Waals surface area contributed by atoms with Crippen LogP contribution in [0.15, 0.2) is 33.8 Å². The molecule has 2 nitrogen and oxygen atoms in total. The van der Waals surface area contributed by atoms with E-state index in [0.29, 0.717) is 11.6 Å². The Hall–Kier alpha value is -0.680. The number of nitrogens with one attached hydrogen (secondary N) is 1. The lowest BCUT2D eigenvalue weighted by atomic mass is 10.3. The van der Waals surface area contributed by atoms with Crippen LogP contribution in [-0.2, 0) is 6.54 Å². The van der Waals surface area contributed by atoms with Crippen molar-refractivity contribution >= 4 is 34.3 Å². The number of hydrogen-bond acceptors (Lipinski definition) is 4. The van der Waals surface area contributed by atoms with Crippen LogP contribution in [0, 0.1) is 0 Å². The molecule has 16 heavy (non-hydrogen) atoms. The van der Waals surface area contributed by atoms with E-state index in [9.17, 15) is 0 Å². The first-order valence-corrected chi connectivity index (χ1v) is 6.96. The predicted molar refractivity (Wildman–Crippen MR) is 72.1 cm³/mol. The van der Waals surface area contributed by atoms with Gasteiger partial charge in [-0.3, -0.25) is 0 Å². The van der Waals surface area contributed by atoms with Gasteiger partial charge < -0.3 is 5.32 Å². The first-order valence-electron chi connectivity index (χ1n) is 4.76. The van der Waals surface area contributed by atoms with Crippen LogP contribution in [0.2, 0.25) is 0 Å². The molecule has 0 saturated heterocycles. The van der Waals surface area contributed by atoms with Crippen molar-refractivity contribution in [1.82, 2.24) is 10.3 Å². The van der Waals surface area contributed by atoms with E-state index in [1.165, 1.54) is 5.56 Å². The topological polar surface area (TPSA) is 24.9 Å². The Kier molecular flexibility index (Phi) is 4.12. The molecule has 0 amide bonds. The van der Waals surface area contributed by atoms with Gasteiger partial charge in [-0.2, -0.15) is 11.3 Å². The molecule has 5 heteroatoms. The van der Waals surface area contributed by atoms with E-state index in [-0.39, 0.29) is 0 Å². The Morgan fingerprint density at radius 3 is 3.06 bits per heavy atom. The Balaban J connectivity index is 1.95. The third-order valence-electron chi connectivity index (χ3n) is 1.94. The monoisotopic (exact) mass is 270 g/mol. The highest BCUT2D eigenvalue weighted by molar-refractivity contribution is 7.14. The van der Waals surface area contributed by atoms with Gasteiger partial charge in [-0.15, -0.1) is 11.3 Å². The van der Waals surface area contributed by atoms with Gasteiger partial charge in [0.1, 0.15) is 5.01 Å². The highest BCUT2D eigenvalue weighted by Crippen LogP contribution is 2.25. The van der Waals surface area contributed by atoms with Gasteiger partial charge in [0.15, 0.2) is 0 Å². The molecule has 0 unspecified atom stereocenters. The molecule has 0 aliphatic rings. The molecule has 0 radical (unpaired) electrons. The van der Waals surface area contributed by atoms with E-state index in [4.69, 9.17) is 11.6 Å². The first kappa shape index (κ1) is 11.8. The van der Waals surface area contributed by atoms with Gasteiger partial charge in [0.25, 0.3) is 0 Å². The minimum atomic E-state index is 0.618. The molecule has 1 N–H and O–H groups in total. The van der Waals surface area contributed by atoms with Crippen molar-refractivity contribution in [2.75, 3.05) is 6.54 Å². The molecular weight excluding hydrogens is 260 g/mol. The second kappa shape index (κ2) is 5.59. The molecule has 2 rings (SSSR count). The quantitative estimate of drug-likeness (QED) is 0.896. The standard InChI is InChI=1S/C11H11ClN2S2/c1-8(12)4-13-5-10-7-16-11(14-10)9-2-3-15-6-9/h2-3,6-7,13H,1,4-5H2. The number of thiazole rings is 1. The lowest BCUT2D eigenvalue weighted by molar-refractivity contribution is 0.741. The van der Waals surface area contributed by atoms with Crippen molar-refractivity contribution in [3.63, 3.8) is 0 Å². The van der Waals surface area contributed by atoms with Crippen LogP contribution >= 0.6 is 34.3 Å². The van der Waals surface area contributed by atoms with E-state index >= 15 is 0 Å². The van der Waals surface area contributed by atoms with Crippen LogP contribution in [0.3, 0.4) is 0 Å². The highest BCUT2D eigenvalue weighted by atomic mass is 35.5. The van der Waals surface area contributed by atoms with Crippen molar-refractivity contribution in [2.45, 2.75) is 6.54 Å². The van der Waals surface area contributed by atoms with Gasteiger partial charge in [-0.1, -0.05) is 18.2 Å². The summed E-state index contributed by atoms with van der Waals surface area (Å²) in [6.45, 7) is 4.97. The smallest absolute Gasteiger partial charge is 0.124 e. The van der Waals surface area contributed by atoms with Crippen molar-refractivity contribution < 1.29 is 0 Å². The summed E-state index contributed by atoms with van der Waals surface area (Å²) in [4.78, 5) is 4.54. The van der Waals surface area contributed by atoms with Crippen LogP contribution in [-0.4, -0.2) is 11.5 Å². The molecule has 0 spiro atoms. The Bertz CT molecular complexity index is 462. The molecule has 0 bridgehead atoms. The second-order valence-electron chi connectivity index (χ2n) is 3.28. The highest BCUT2D eigenvalue weighted by Gasteiger charge is 2.04. The van der Waals surface area contributed by atoms with Gasteiger partial charge in [0.2, 0.25) is 0 Å². The van der Waals surface area contributed by atoms with E-state index in [0.717, 1.165) is 17.2 Å². The lowest BCUT2D eigenvalue weighted by Crippen LogP contribution is -2.14. The third kappa shape index (κ3) is 3.15. The number of rotatable bonds is 5. The number of thiophene rings is 1. The maximum atomic E-state index is 5.66. The SMILES string of the molecule is C=C(Cl)CNCc1csc(-c2ccsc2)n1. The number of hydrogen-bond donors (Lipinski definition) is 1. The molecule has 0 aliphatic carbocycles. The minimum Gasteiger partial charge on any atom is -0.306 e. The van der Waals surface area contributed by atoms with E-state index in [2.05, 4.69) is 39.1 Å². The largest absolute Gasteiger partial charge is 0.306 e. The Morgan fingerprint density at radius 1 is 1.50 bits per heavy atom. The first-order chi connectivity index (χ1) is 7.75. The number of halogens is 1. The molecule has 2 aromatic heterocycles. The molecule has 0 atom stereocenters. The molecule has 0 aliphatic heterocycles. The van der Waals surface area contributed by atoms with Crippen LogP contribution in [0.1, 0.15) is 5.69 Å². The van der Waals surface area contributed by atoms with Crippen LogP contribution in [0.25, 0.3) is 10.6 Å². The van der Waals surface area contributed by atoms with Gasteiger partial charge in [-0.05, 0) is 11.4 Å². The molecular formula is C11H11ClN2S2. The second-order valence-corrected chi connectivity index (χ2v) is 5.45. The molecule has 2 aromatic rings. The van der Waals surface area contributed by atoms with E-state index < -0.39 is 0 Å². The predicted octanol–water partition coefficient (Wildman–Crippen LogP) is 3.71. The van der Waals surface area contributed by atoms with Crippen LogP contribution in [0.5, 0.6) is 0 Å². The zero-order valence-electron chi connectivity index (χ0n) is 8.57. The molecule has 84 valence electrons. The lowest BCUT2D eigenvalue weighted by Gasteiger charge is -1.99. The van der Waals surface area contributed by atoms with Gasteiger partial charge >= 0.3 is 0 Å². The number of aromatic nitrogens is 1. The summed E-state index contributed by atoms with van der Waals surface area (Å²) in [7, 11) is 0. The molecule has 0 fully saturated rings. The molecule has 2 heterocycles. The van der Waals surface area contributed by atoms with Gasteiger partial charge in [0.05, 0.1) is 5.69 Å². The van der Waals surface area contributed by atoms with E-state index in [1.54, 1.807) is 22.7 Å². The van der Waals surface area contributed by atoms with Crippen LogP contribution < -0.4 is 5.32 Å². The fourth-order valence-corrected chi connectivity index (χ4v) is 2.86. The summed E-state index contributed by atoms with van der Waals surface area (Å²) in [5.74, 6) is 0. The third-order valence-corrected chi connectivity index (χ3v) is 3.70. The summed E-state index contributed by atoms with van der Waals surface area (Å²) >= 11 is 9.01. The zero-order chi connectivity index (χ0) is 11.4. The summed E-state index contributed by atoms with van der Waals surface area (Å²) < 4.78 is 0. The summed E-state index contributed by atoms with van der Waals surface area (Å²) in [5, 5.41) is 11.1. The Labute approximate surface area is 108 Å².